The minimum absolute atomic E-state index is 0.0812. The van der Waals surface area contributed by atoms with Crippen LogP contribution >= 0.6 is 12.6 Å². The molecular formula is C25H43F3N4O12S. The Balaban J connectivity index is 1.39. The predicted octanol–water partition coefficient (Wildman–Crippen LogP) is -3.16. The summed E-state index contributed by atoms with van der Waals surface area (Å²) in [4.78, 5) is 34.4. The Morgan fingerprint density at radius 2 is 1.47 bits per heavy atom. The van der Waals surface area contributed by atoms with Gasteiger partial charge in [-0.2, -0.15) is 25.8 Å². The zero-order chi connectivity index (χ0) is 33.3. The van der Waals surface area contributed by atoms with Crippen LogP contribution in [0.2, 0.25) is 0 Å². The van der Waals surface area contributed by atoms with Crippen molar-refractivity contribution in [3.63, 3.8) is 0 Å². The van der Waals surface area contributed by atoms with Crippen molar-refractivity contribution in [1.29, 1.82) is 0 Å². The van der Waals surface area contributed by atoms with Crippen molar-refractivity contribution < 1.29 is 70.9 Å². The fourth-order valence-electron chi connectivity index (χ4n) is 4.05. The van der Waals surface area contributed by atoms with Crippen molar-refractivity contribution in [2.24, 2.45) is 5.73 Å². The number of fused-ring (bicyclic) bond motifs is 2. The van der Waals surface area contributed by atoms with Crippen LogP contribution in [0.5, 0.6) is 0 Å². The molecule has 3 amide bonds. The Bertz CT molecular complexity index is 912. The normalized spacial score (nSPS) is 25.1. The van der Waals surface area contributed by atoms with Crippen molar-refractivity contribution in [1.82, 2.24) is 16.0 Å². The molecule has 6 atom stereocenters. The summed E-state index contributed by atoms with van der Waals surface area (Å²) in [6.45, 7) is 2.28. The van der Waals surface area contributed by atoms with Crippen LogP contribution in [0.15, 0.2) is 0 Å². The number of carbonyl (C=O) groups excluding carboxylic acids is 3. The molecule has 2 aliphatic heterocycles. The molecule has 45 heavy (non-hydrogen) atoms. The Kier molecular flexibility index (Phi) is 17.8. The number of hydrogen-bond donors (Lipinski definition) is 7. The fraction of sp³-hybridized carbons (Fsp3) is 0.880. The monoisotopic (exact) mass is 680 g/mol. The smallest absolute Gasteiger partial charge is 0.388 e. The van der Waals surface area contributed by atoms with E-state index in [1.165, 1.54) is 0 Å². The van der Waals surface area contributed by atoms with E-state index in [0.29, 0.717) is 26.4 Å². The number of halogens is 3. The average Bonchev–Trinajstić information content (AvgIpc) is 3.41. The van der Waals surface area contributed by atoms with Crippen molar-refractivity contribution in [2.45, 2.75) is 48.8 Å². The molecule has 0 spiro atoms. The minimum Gasteiger partial charge on any atom is -0.388 e. The Hall–Kier alpha value is -1.85. The van der Waals surface area contributed by atoms with Crippen LogP contribution in [0.3, 0.4) is 0 Å². The number of hydrogen-bond acceptors (Lipinski definition) is 14. The van der Waals surface area contributed by atoms with Crippen LogP contribution in [0, 0.1) is 0 Å². The lowest BCUT2D eigenvalue weighted by molar-refractivity contribution is -0.240. The molecule has 7 N–H and O–H groups in total. The highest BCUT2D eigenvalue weighted by atomic mass is 32.1. The topological polar surface area (TPSA) is 218 Å². The van der Waals surface area contributed by atoms with Crippen LogP contribution in [-0.2, 0) is 47.5 Å². The first-order valence-electron chi connectivity index (χ1n) is 14.2. The highest BCUT2D eigenvalue weighted by Crippen LogP contribution is 2.37. The van der Waals surface area contributed by atoms with E-state index in [-0.39, 0.29) is 83.4 Å². The Morgan fingerprint density at radius 3 is 2.07 bits per heavy atom. The zero-order valence-corrected chi connectivity index (χ0v) is 25.5. The van der Waals surface area contributed by atoms with E-state index < -0.39 is 48.3 Å². The lowest BCUT2D eigenvalue weighted by Crippen LogP contribution is -2.67. The van der Waals surface area contributed by atoms with Gasteiger partial charge in [-0.25, -0.2) is 0 Å². The molecule has 2 bridgehead atoms. The van der Waals surface area contributed by atoms with Gasteiger partial charge in [-0.3, -0.25) is 14.4 Å². The molecule has 0 saturated carbocycles. The summed E-state index contributed by atoms with van der Waals surface area (Å²) in [7, 11) is 0. The maximum Gasteiger partial charge on any atom is 0.471 e. The molecule has 0 radical (unpaired) electrons. The predicted molar refractivity (Wildman–Crippen MR) is 150 cm³/mol. The quantitative estimate of drug-likeness (QED) is 0.0420. The number of ether oxygens (including phenoxy) is 7. The molecule has 2 fully saturated rings. The van der Waals surface area contributed by atoms with E-state index in [1.54, 1.807) is 5.32 Å². The molecule has 0 aromatic heterocycles. The van der Waals surface area contributed by atoms with E-state index in [4.69, 9.17) is 38.9 Å². The van der Waals surface area contributed by atoms with E-state index in [9.17, 15) is 37.8 Å². The number of carbonyl (C=O) groups is 3. The summed E-state index contributed by atoms with van der Waals surface area (Å²) in [6, 6.07) is -2.28. The van der Waals surface area contributed by atoms with Gasteiger partial charge in [0.15, 0.2) is 6.29 Å². The van der Waals surface area contributed by atoms with Crippen LogP contribution in [0.4, 0.5) is 13.2 Å². The molecule has 2 heterocycles. The molecule has 2 aliphatic rings. The van der Waals surface area contributed by atoms with Gasteiger partial charge in [-0.05, 0) is 0 Å². The third kappa shape index (κ3) is 13.8. The van der Waals surface area contributed by atoms with Crippen LogP contribution in [-0.4, -0.2) is 162 Å². The number of rotatable bonds is 23. The average molecular weight is 681 g/mol. The second-order valence-corrected chi connectivity index (χ2v) is 10.3. The van der Waals surface area contributed by atoms with Crippen LogP contribution in [0.25, 0.3) is 0 Å². The molecule has 0 aromatic carbocycles. The molecule has 1 unspecified atom stereocenters. The third-order valence-electron chi connectivity index (χ3n) is 6.51. The third-order valence-corrected chi connectivity index (χ3v) is 6.90. The van der Waals surface area contributed by atoms with Gasteiger partial charge >= 0.3 is 12.1 Å². The maximum absolute atomic E-state index is 12.6. The first kappa shape index (κ1) is 39.3. The number of nitrogens with one attached hydrogen (secondary N) is 3. The Morgan fingerprint density at radius 1 is 0.911 bits per heavy atom. The molecule has 2 rings (SSSR count). The minimum atomic E-state index is -5.18. The van der Waals surface area contributed by atoms with Crippen molar-refractivity contribution >= 4 is 30.4 Å². The molecule has 16 nitrogen and oxygen atoms in total. The molecule has 20 heteroatoms. The van der Waals surface area contributed by atoms with Gasteiger partial charge in [0.1, 0.15) is 23.9 Å². The molecule has 2 saturated heterocycles. The van der Waals surface area contributed by atoms with Crippen molar-refractivity contribution in [2.75, 3.05) is 91.5 Å². The first-order valence-corrected chi connectivity index (χ1v) is 14.9. The molecular weight excluding hydrogens is 637 g/mol. The van der Waals surface area contributed by atoms with Gasteiger partial charge in [-0.15, -0.1) is 0 Å². The summed E-state index contributed by atoms with van der Waals surface area (Å²) in [5.41, 5.74) is 4.01. The van der Waals surface area contributed by atoms with E-state index in [0.717, 1.165) is 0 Å². The number of alkyl halides is 3. The summed E-state index contributed by atoms with van der Waals surface area (Å²) in [6.07, 6.45) is -9.84. The molecule has 0 aromatic rings. The van der Waals surface area contributed by atoms with E-state index in [1.807, 2.05) is 0 Å². The maximum atomic E-state index is 12.6. The Labute approximate surface area is 263 Å². The van der Waals surface area contributed by atoms with Crippen LogP contribution < -0.4 is 21.7 Å². The summed E-state index contributed by atoms with van der Waals surface area (Å²) in [5.74, 6) is -2.55. The molecule has 0 aliphatic carbocycles. The number of aliphatic hydroxyl groups excluding tert-OH is 2. The number of aliphatic hydroxyl groups is 2. The lowest BCUT2D eigenvalue weighted by atomic mass is 9.88. The second kappa shape index (κ2) is 20.4. The van der Waals surface area contributed by atoms with Crippen molar-refractivity contribution in [3.05, 3.63) is 0 Å². The van der Waals surface area contributed by atoms with E-state index in [2.05, 4.69) is 23.3 Å². The SMILES string of the molecule is NC(CS)C(=O)NCCOCCC(=O)NCCOCCOCCOCCOC[C@@]12CO[C@@H](O1)[C@@H](NC(=O)C(F)(F)F)[C@@H](O)[C@H]2O. The largest absolute Gasteiger partial charge is 0.471 e. The summed E-state index contributed by atoms with van der Waals surface area (Å²) < 4.78 is 75.3. The summed E-state index contributed by atoms with van der Waals surface area (Å²) >= 11 is 3.94. The number of amides is 3. The highest BCUT2D eigenvalue weighted by molar-refractivity contribution is 7.80. The number of thiol groups is 1. The van der Waals surface area contributed by atoms with Gasteiger partial charge < -0.3 is 65.1 Å². The van der Waals surface area contributed by atoms with Gasteiger partial charge in [0, 0.05) is 25.3 Å². The van der Waals surface area contributed by atoms with Gasteiger partial charge in [0.25, 0.3) is 0 Å². The second-order valence-electron chi connectivity index (χ2n) is 9.98. The van der Waals surface area contributed by atoms with Gasteiger partial charge in [0.05, 0.1) is 78.7 Å². The standard InChI is InChI=1S/C25H43F3N4O12S/c26-25(27,28)23(37)32-18-19(34)20(35)24(15-43-22(18)44-24)14-42-12-11-41-10-9-40-8-7-39-5-2-30-17(33)1-4-38-6-3-31-21(36)16(29)13-45/h16,18-20,22,34-35,45H,1-15,29H2,(H,30,33)(H,31,36)(H,32,37)/t16?,18-,19+,20+,22-,24-/m0/s1. The van der Waals surface area contributed by atoms with Crippen molar-refractivity contribution in [3.8, 4) is 0 Å². The zero-order valence-electron chi connectivity index (χ0n) is 24.6. The van der Waals surface area contributed by atoms with Crippen LogP contribution in [0.1, 0.15) is 6.42 Å². The van der Waals surface area contributed by atoms with Gasteiger partial charge in [0.2, 0.25) is 11.8 Å². The fourth-order valence-corrected chi connectivity index (χ4v) is 4.22. The lowest BCUT2D eigenvalue weighted by Gasteiger charge is -2.42. The summed E-state index contributed by atoms with van der Waals surface area (Å²) in [5, 5.41) is 27.6. The first-order chi connectivity index (χ1) is 21.4. The van der Waals surface area contributed by atoms with E-state index >= 15 is 0 Å². The molecule has 262 valence electrons. The van der Waals surface area contributed by atoms with Gasteiger partial charge in [-0.1, -0.05) is 0 Å². The number of nitrogens with two attached hydrogens (primary N) is 1. The highest BCUT2D eigenvalue weighted by Gasteiger charge is 2.60.